The highest BCUT2D eigenvalue weighted by Crippen LogP contribution is 2.30. The second-order valence-electron chi connectivity index (χ2n) is 6.87. The van der Waals surface area contributed by atoms with Crippen LogP contribution in [0.5, 0.6) is 5.75 Å². The minimum absolute atomic E-state index is 0.0668. The molecule has 6 nitrogen and oxygen atoms in total. The molecule has 1 amide bonds. The summed E-state index contributed by atoms with van der Waals surface area (Å²) in [6.07, 6.45) is 0.591. The van der Waals surface area contributed by atoms with Crippen molar-refractivity contribution >= 4 is 44.8 Å². The molecule has 3 aromatic rings. The van der Waals surface area contributed by atoms with Gasteiger partial charge in [0.1, 0.15) is 12.3 Å². The zero-order chi connectivity index (χ0) is 23.1. The maximum Gasteiger partial charge on any atom is 0.264 e. The van der Waals surface area contributed by atoms with Gasteiger partial charge in [0, 0.05) is 6.54 Å². The lowest BCUT2D eigenvalue weighted by Crippen LogP contribution is -2.41. The van der Waals surface area contributed by atoms with Crippen LogP contribution in [-0.2, 0) is 21.2 Å². The molecule has 1 N–H and O–H groups in total. The number of benzene rings is 3. The third kappa shape index (κ3) is 5.94. The van der Waals surface area contributed by atoms with E-state index >= 15 is 0 Å². The van der Waals surface area contributed by atoms with Crippen molar-refractivity contribution in [3.05, 3.63) is 88.4 Å². The van der Waals surface area contributed by atoms with Crippen molar-refractivity contribution in [3.8, 4) is 5.75 Å². The summed E-state index contributed by atoms with van der Waals surface area (Å²) in [7, 11) is -2.41. The van der Waals surface area contributed by atoms with Crippen molar-refractivity contribution in [1.29, 1.82) is 0 Å². The predicted octanol–water partition coefficient (Wildman–Crippen LogP) is 4.56. The molecule has 0 fully saturated rings. The van der Waals surface area contributed by atoms with Gasteiger partial charge >= 0.3 is 0 Å². The number of carbonyl (C=O) groups is 1. The van der Waals surface area contributed by atoms with Gasteiger partial charge in [-0.15, -0.1) is 0 Å². The summed E-state index contributed by atoms with van der Waals surface area (Å²) in [6, 6.07) is 19.8. The molecule has 0 aromatic heterocycles. The minimum Gasteiger partial charge on any atom is -0.497 e. The lowest BCUT2D eigenvalue weighted by Gasteiger charge is -2.24. The molecule has 0 radical (unpaired) electrons. The van der Waals surface area contributed by atoms with E-state index in [9.17, 15) is 13.2 Å². The summed E-state index contributed by atoms with van der Waals surface area (Å²) in [6.45, 7) is -0.0520. The SMILES string of the molecule is COc1ccc(CCNC(=O)CN(c2ccc(Cl)c(Cl)c2)S(=O)(=O)c2ccccc2)cc1. The first-order valence-electron chi connectivity index (χ1n) is 9.74. The number of sulfonamides is 1. The highest BCUT2D eigenvalue weighted by molar-refractivity contribution is 7.92. The number of hydrogen-bond acceptors (Lipinski definition) is 4. The van der Waals surface area contributed by atoms with Crippen LogP contribution in [-0.4, -0.2) is 34.5 Å². The fourth-order valence-electron chi connectivity index (χ4n) is 3.00. The van der Waals surface area contributed by atoms with E-state index in [0.717, 1.165) is 15.6 Å². The smallest absolute Gasteiger partial charge is 0.264 e. The van der Waals surface area contributed by atoms with Crippen LogP contribution in [0.4, 0.5) is 5.69 Å². The van der Waals surface area contributed by atoms with E-state index in [1.165, 1.54) is 30.3 Å². The summed E-state index contributed by atoms with van der Waals surface area (Å²) in [5.74, 6) is 0.310. The normalized spacial score (nSPS) is 11.1. The van der Waals surface area contributed by atoms with E-state index in [2.05, 4.69) is 5.32 Å². The van der Waals surface area contributed by atoms with Gasteiger partial charge in [-0.3, -0.25) is 9.10 Å². The van der Waals surface area contributed by atoms with Crippen molar-refractivity contribution in [2.45, 2.75) is 11.3 Å². The predicted molar refractivity (Wildman–Crippen MR) is 127 cm³/mol. The van der Waals surface area contributed by atoms with Gasteiger partial charge < -0.3 is 10.1 Å². The Morgan fingerprint density at radius 1 is 0.969 bits per heavy atom. The Hall–Kier alpha value is -2.74. The first-order chi connectivity index (χ1) is 15.3. The molecule has 9 heteroatoms. The van der Waals surface area contributed by atoms with Crippen LogP contribution in [0, 0.1) is 0 Å². The maximum atomic E-state index is 13.3. The van der Waals surface area contributed by atoms with Crippen molar-refractivity contribution in [2.75, 3.05) is 24.5 Å². The van der Waals surface area contributed by atoms with Crippen LogP contribution < -0.4 is 14.4 Å². The summed E-state index contributed by atoms with van der Waals surface area (Å²) in [5.41, 5.74) is 1.26. The molecular weight excluding hydrogens is 471 g/mol. The summed E-state index contributed by atoms with van der Waals surface area (Å²) in [4.78, 5) is 12.7. The van der Waals surface area contributed by atoms with E-state index in [1.807, 2.05) is 24.3 Å². The summed E-state index contributed by atoms with van der Waals surface area (Å²) in [5, 5.41) is 3.25. The van der Waals surface area contributed by atoms with Crippen molar-refractivity contribution in [2.24, 2.45) is 0 Å². The van der Waals surface area contributed by atoms with Crippen molar-refractivity contribution < 1.29 is 17.9 Å². The van der Waals surface area contributed by atoms with E-state index < -0.39 is 22.5 Å². The number of hydrogen-bond donors (Lipinski definition) is 1. The fraction of sp³-hybridized carbons (Fsp3) is 0.174. The van der Waals surface area contributed by atoms with Crippen LogP contribution in [0.15, 0.2) is 77.7 Å². The number of rotatable bonds is 9. The minimum atomic E-state index is -4.01. The molecule has 3 rings (SSSR count). The van der Waals surface area contributed by atoms with Gasteiger partial charge in [-0.25, -0.2) is 8.42 Å². The molecule has 0 atom stereocenters. The van der Waals surface area contributed by atoms with E-state index in [4.69, 9.17) is 27.9 Å². The highest BCUT2D eigenvalue weighted by Gasteiger charge is 2.27. The lowest BCUT2D eigenvalue weighted by molar-refractivity contribution is -0.119. The second kappa shape index (κ2) is 10.7. The van der Waals surface area contributed by atoms with Crippen LogP contribution in [0.3, 0.4) is 0 Å². The molecule has 32 heavy (non-hydrogen) atoms. The molecule has 0 heterocycles. The Labute approximate surface area is 197 Å². The van der Waals surface area contributed by atoms with Crippen molar-refractivity contribution in [3.63, 3.8) is 0 Å². The molecule has 0 aliphatic carbocycles. The molecule has 168 valence electrons. The van der Waals surface area contributed by atoms with Gasteiger partial charge in [-0.2, -0.15) is 0 Å². The molecule has 3 aromatic carbocycles. The van der Waals surface area contributed by atoms with Crippen LogP contribution in [0.2, 0.25) is 10.0 Å². The van der Waals surface area contributed by atoms with Crippen LogP contribution in [0.25, 0.3) is 0 Å². The van der Waals surface area contributed by atoms with Gasteiger partial charge in [-0.05, 0) is 54.4 Å². The Morgan fingerprint density at radius 3 is 2.28 bits per heavy atom. The Balaban J connectivity index is 1.76. The number of nitrogens with one attached hydrogen (secondary N) is 1. The first-order valence-corrected chi connectivity index (χ1v) is 11.9. The van der Waals surface area contributed by atoms with E-state index in [1.54, 1.807) is 25.3 Å². The zero-order valence-corrected chi connectivity index (χ0v) is 19.6. The number of ether oxygens (including phenoxy) is 1. The largest absolute Gasteiger partial charge is 0.497 e. The number of anilines is 1. The molecule has 0 saturated carbocycles. The Kier molecular flexibility index (Phi) is 8.01. The van der Waals surface area contributed by atoms with Gasteiger partial charge in [0.2, 0.25) is 5.91 Å². The molecule has 0 aliphatic heterocycles. The van der Waals surface area contributed by atoms with Gasteiger partial charge in [-0.1, -0.05) is 53.5 Å². The molecular formula is C23H22Cl2N2O4S. The van der Waals surface area contributed by atoms with Gasteiger partial charge in [0.05, 0.1) is 27.7 Å². The lowest BCUT2D eigenvalue weighted by atomic mass is 10.1. The quantitative estimate of drug-likeness (QED) is 0.475. The third-order valence-electron chi connectivity index (χ3n) is 4.70. The average Bonchev–Trinajstić information content (AvgIpc) is 2.80. The second-order valence-corrected chi connectivity index (χ2v) is 9.55. The van der Waals surface area contributed by atoms with Crippen LogP contribution >= 0.6 is 23.2 Å². The molecule has 0 unspecified atom stereocenters. The molecule has 0 spiro atoms. The summed E-state index contributed by atoms with van der Waals surface area (Å²) >= 11 is 12.1. The topological polar surface area (TPSA) is 75.7 Å². The van der Waals surface area contributed by atoms with E-state index in [0.29, 0.717) is 13.0 Å². The number of halogens is 2. The van der Waals surface area contributed by atoms with Crippen LogP contribution in [0.1, 0.15) is 5.56 Å². The number of amides is 1. The van der Waals surface area contributed by atoms with E-state index in [-0.39, 0.29) is 20.6 Å². The van der Waals surface area contributed by atoms with Crippen molar-refractivity contribution in [1.82, 2.24) is 5.32 Å². The zero-order valence-electron chi connectivity index (χ0n) is 17.3. The van der Waals surface area contributed by atoms with Gasteiger partial charge in [0.15, 0.2) is 0 Å². The Morgan fingerprint density at radius 2 is 1.66 bits per heavy atom. The first kappa shape index (κ1) is 23.9. The standard InChI is InChI=1S/C23H22Cl2N2O4S/c1-31-19-10-7-17(8-11-19)13-14-26-23(28)16-27(18-9-12-21(24)22(25)15-18)32(29,30)20-5-3-2-4-6-20/h2-12,15H,13-14,16H2,1H3,(H,26,28). The third-order valence-corrected chi connectivity index (χ3v) is 7.23. The summed E-state index contributed by atoms with van der Waals surface area (Å²) < 4.78 is 32.7. The molecule has 0 bridgehead atoms. The monoisotopic (exact) mass is 492 g/mol. The number of methoxy groups -OCH3 is 1. The molecule has 0 aliphatic rings. The number of carbonyl (C=O) groups excluding carboxylic acids is 1. The fourth-order valence-corrected chi connectivity index (χ4v) is 4.73. The molecule has 0 saturated heterocycles. The maximum absolute atomic E-state index is 13.3. The average molecular weight is 493 g/mol. The number of nitrogens with zero attached hydrogens (tertiary/aromatic N) is 1. The Bertz CT molecular complexity index is 1170. The highest BCUT2D eigenvalue weighted by atomic mass is 35.5. The van der Waals surface area contributed by atoms with Gasteiger partial charge in [0.25, 0.3) is 10.0 Å².